The van der Waals surface area contributed by atoms with Gasteiger partial charge < -0.3 is 11.5 Å². The molecule has 0 aliphatic carbocycles. The average molecular weight is 196 g/mol. The number of anilines is 1. The lowest BCUT2D eigenvalue weighted by Gasteiger charge is -2.28. The fourth-order valence-electron chi connectivity index (χ4n) is 1.28. The first kappa shape index (κ1) is 11.0. The Morgan fingerprint density at radius 1 is 1.29 bits per heavy atom. The number of hydrogen-bond donors (Lipinski definition) is 2. The molecule has 0 aliphatic heterocycles. The van der Waals surface area contributed by atoms with E-state index in [0.717, 1.165) is 0 Å². The van der Waals surface area contributed by atoms with Crippen molar-refractivity contribution in [3.8, 4) is 0 Å². The maximum absolute atomic E-state index is 13.0. The van der Waals surface area contributed by atoms with Crippen LogP contribution in [-0.2, 0) is 0 Å². The van der Waals surface area contributed by atoms with Crippen molar-refractivity contribution < 1.29 is 4.39 Å². The molecule has 0 saturated heterocycles. The van der Waals surface area contributed by atoms with E-state index in [1.807, 2.05) is 20.8 Å². The minimum Gasteiger partial charge on any atom is -0.398 e. The van der Waals surface area contributed by atoms with Gasteiger partial charge in [0.2, 0.25) is 0 Å². The summed E-state index contributed by atoms with van der Waals surface area (Å²) in [5, 5.41) is 0. The van der Waals surface area contributed by atoms with E-state index in [9.17, 15) is 4.39 Å². The Morgan fingerprint density at radius 3 is 2.36 bits per heavy atom. The lowest BCUT2D eigenvalue weighted by atomic mass is 9.82. The molecule has 0 heterocycles. The highest BCUT2D eigenvalue weighted by molar-refractivity contribution is 5.48. The summed E-state index contributed by atoms with van der Waals surface area (Å²) >= 11 is 0. The van der Waals surface area contributed by atoms with Gasteiger partial charge in [-0.2, -0.15) is 0 Å². The van der Waals surface area contributed by atoms with Crippen molar-refractivity contribution in [1.82, 2.24) is 0 Å². The highest BCUT2D eigenvalue weighted by Crippen LogP contribution is 2.33. The molecule has 1 aromatic rings. The zero-order chi connectivity index (χ0) is 10.9. The summed E-state index contributed by atoms with van der Waals surface area (Å²) < 4.78 is 13.0. The summed E-state index contributed by atoms with van der Waals surface area (Å²) in [6.45, 7) is 6.01. The SMILES string of the molecule is CC(C)(C)[C@H](N)c1cc(F)ccc1N. The normalized spacial score (nSPS) is 14.1. The Kier molecular flexibility index (Phi) is 2.81. The van der Waals surface area contributed by atoms with E-state index in [4.69, 9.17) is 11.5 Å². The van der Waals surface area contributed by atoms with E-state index < -0.39 is 0 Å². The molecular weight excluding hydrogens is 179 g/mol. The van der Waals surface area contributed by atoms with Gasteiger partial charge >= 0.3 is 0 Å². The van der Waals surface area contributed by atoms with Crippen LogP contribution < -0.4 is 11.5 Å². The van der Waals surface area contributed by atoms with E-state index in [0.29, 0.717) is 11.3 Å². The second kappa shape index (κ2) is 3.58. The summed E-state index contributed by atoms with van der Waals surface area (Å²) in [6.07, 6.45) is 0. The van der Waals surface area contributed by atoms with E-state index in [2.05, 4.69) is 0 Å². The molecule has 0 bridgehead atoms. The molecule has 4 N–H and O–H groups in total. The van der Waals surface area contributed by atoms with Gasteiger partial charge in [-0.25, -0.2) is 4.39 Å². The molecule has 14 heavy (non-hydrogen) atoms. The van der Waals surface area contributed by atoms with Crippen LogP contribution in [0.15, 0.2) is 18.2 Å². The van der Waals surface area contributed by atoms with Gasteiger partial charge in [-0.1, -0.05) is 20.8 Å². The van der Waals surface area contributed by atoms with Crippen LogP contribution in [0, 0.1) is 11.2 Å². The van der Waals surface area contributed by atoms with Gasteiger partial charge in [-0.3, -0.25) is 0 Å². The number of nitrogens with two attached hydrogens (primary N) is 2. The predicted molar refractivity (Wildman–Crippen MR) is 57.2 cm³/mol. The van der Waals surface area contributed by atoms with E-state index in [1.54, 1.807) is 6.07 Å². The van der Waals surface area contributed by atoms with Crippen LogP contribution in [0.3, 0.4) is 0 Å². The maximum atomic E-state index is 13.0. The number of rotatable bonds is 1. The Labute approximate surface area is 84.1 Å². The van der Waals surface area contributed by atoms with E-state index in [1.165, 1.54) is 12.1 Å². The zero-order valence-corrected chi connectivity index (χ0v) is 8.84. The Morgan fingerprint density at radius 2 is 1.86 bits per heavy atom. The molecule has 0 spiro atoms. The number of halogens is 1. The third-order valence-corrected chi connectivity index (χ3v) is 2.32. The Balaban J connectivity index is 3.12. The van der Waals surface area contributed by atoms with Crippen molar-refractivity contribution in [2.24, 2.45) is 11.1 Å². The fraction of sp³-hybridized carbons (Fsp3) is 0.455. The molecule has 78 valence electrons. The second-order valence-electron chi connectivity index (χ2n) is 4.62. The van der Waals surface area contributed by atoms with Gasteiger partial charge in [0.25, 0.3) is 0 Å². The van der Waals surface area contributed by atoms with Crippen molar-refractivity contribution in [3.05, 3.63) is 29.6 Å². The van der Waals surface area contributed by atoms with Crippen molar-refractivity contribution in [3.63, 3.8) is 0 Å². The highest BCUT2D eigenvalue weighted by atomic mass is 19.1. The van der Waals surface area contributed by atoms with Crippen molar-refractivity contribution in [2.75, 3.05) is 5.73 Å². The molecule has 0 unspecified atom stereocenters. The molecule has 0 aliphatic rings. The van der Waals surface area contributed by atoms with Crippen LogP contribution in [0.2, 0.25) is 0 Å². The van der Waals surface area contributed by atoms with Crippen molar-refractivity contribution in [1.29, 1.82) is 0 Å². The second-order valence-corrected chi connectivity index (χ2v) is 4.62. The molecule has 0 radical (unpaired) electrons. The molecule has 3 heteroatoms. The molecule has 0 saturated carbocycles. The number of nitrogen functional groups attached to an aromatic ring is 1. The van der Waals surface area contributed by atoms with Gasteiger partial charge in [0, 0.05) is 11.7 Å². The third kappa shape index (κ3) is 2.23. The smallest absolute Gasteiger partial charge is 0.123 e. The molecule has 0 aromatic heterocycles. The van der Waals surface area contributed by atoms with Crippen molar-refractivity contribution in [2.45, 2.75) is 26.8 Å². The molecule has 0 amide bonds. The summed E-state index contributed by atoms with van der Waals surface area (Å²) in [7, 11) is 0. The average Bonchev–Trinajstić information content (AvgIpc) is 2.06. The van der Waals surface area contributed by atoms with Crippen molar-refractivity contribution >= 4 is 5.69 Å². The molecular formula is C11H17FN2. The van der Waals surface area contributed by atoms with E-state index in [-0.39, 0.29) is 17.3 Å². The summed E-state index contributed by atoms with van der Waals surface area (Å²) in [6, 6.07) is 4.05. The van der Waals surface area contributed by atoms with Crippen LogP contribution in [-0.4, -0.2) is 0 Å². The number of benzene rings is 1. The largest absolute Gasteiger partial charge is 0.398 e. The maximum Gasteiger partial charge on any atom is 0.123 e. The quantitative estimate of drug-likeness (QED) is 0.678. The summed E-state index contributed by atoms with van der Waals surface area (Å²) in [5.41, 5.74) is 12.8. The van der Waals surface area contributed by atoms with E-state index >= 15 is 0 Å². The van der Waals surface area contributed by atoms with Crippen LogP contribution in [0.5, 0.6) is 0 Å². The van der Waals surface area contributed by atoms with Gasteiger partial charge in [0.1, 0.15) is 5.82 Å². The molecule has 1 atom stereocenters. The van der Waals surface area contributed by atoms with Gasteiger partial charge in [0.05, 0.1) is 0 Å². The monoisotopic (exact) mass is 196 g/mol. The standard InChI is InChI=1S/C11H17FN2/c1-11(2,3)10(14)8-6-7(12)4-5-9(8)13/h4-6,10H,13-14H2,1-3H3/t10-/m1/s1. The van der Waals surface area contributed by atoms with Gasteiger partial charge in [0.15, 0.2) is 0 Å². The topological polar surface area (TPSA) is 52.0 Å². The Hall–Kier alpha value is -1.09. The summed E-state index contributed by atoms with van der Waals surface area (Å²) in [4.78, 5) is 0. The minimum atomic E-state index is -0.297. The van der Waals surface area contributed by atoms with Gasteiger partial charge in [-0.05, 0) is 29.2 Å². The first-order valence-corrected chi connectivity index (χ1v) is 4.63. The van der Waals surface area contributed by atoms with Crippen LogP contribution in [0.4, 0.5) is 10.1 Å². The molecule has 0 fully saturated rings. The van der Waals surface area contributed by atoms with Crippen LogP contribution in [0.1, 0.15) is 32.4 Å². The molecule has 1 aromatic carbocycles. The van der Waals surface area contributed by atoms with Gasteiger partial charge in [-0.15, -0.1) is 0 Å². The number of hydrogen-bond acceptors (Lipinski definition) is 2. The summed E-state index contributed by atoms with van der Waals surface area (Å²) in [5.74, 6) is -0.297. The van der Waals surface area contributed by atoms with Crippen LogP contribution in [0.25, 0.3) is 0 Å². The molecule has 1 rings (SSSR count). The first-order chi connectivity index (χ1) is 6.32. The minimum absolute atomic E-state index is 0.123. The highest BCUT2D eigenvalue weighted by Gasteiger charge is 2.24. The lowest BCUT2D eigenvalue weighted by Crippen LogP contribution is -2.27. The first-order valence-electron chi connectivity index (χ1n) is 4.63. The Bertz CT molecular complexity index is 329. The molecule has 2 nitrogen and oxygen atoms in total. The van der Waals surface area contributed by atoms with Crippen LogP contribution >= 0.6 is 0 Å². The lowest BCUT2D eigenvalue weighted by molar-refractivity contribution is 0.327. The predicted octanol–water partition coefficient (Wildman–Crippen LogP) is 2.45. The zero-order valence-electron chi connectivity index (χ0n) is 8.84. The third-order valence-electron chi connectivity index (χ3n) is 2.32. The fourth-order valence-corrected chi connectivity index (χ4v) is 1.28.